The fourth-order valence-corrected chi connectivity index (χ4v) is 1.65. The molecule has 0 saturated heterocycles. The van der Waals surface area contributed by atoms with Gasteiger partial charge in [0, 0.05) is 13.1 Å². The van der Waals surface area contributed by atoms with E-state index >= 15 is 0 Å². The fourth-order valence-electron chi connectivity index (χ4n) is 1.65. The van der Waals surface area contributed by atoms with Gasteiger partial charge in [-0.1, -0.05) is 32.9 Å². The SMILES string of the molecule is CN(CCO)CCOc1ccc(C(C)(C)C)cc1. The summed E-state index contributed by atoms with van der Waals surface area (Å²) in [5, 5.41) is 8.78. The van der Waals surface area contributed by atoms with Gasteiger partial charge < -0.3 is 14.7 Å². The van der Waals surface area contributed by atoms with Crippen LogP contribution < -0.4 is 4.74 Å². The minimum Gasteiger partial charge on any atom is -0.492 e. The Morgan fingerprint density at radius 3 is 2.22 bits per heavy atom. The summed E-state index contributed by atoms with van der Waals surface area (Å²) >= 11 is 0. The van der Waals surface area contributed by atoms with Gasteiger partial charge in [-0.15, -0.1) is 0 Å². The largest absolute Gasteiger partial charge is 0.492 e. The highest BCUT2D eigenvalue weighted by molar-refractivity contribution is 5.31. The molecule has 0 atom stereocenters. The number of aliphatic hydroxyl groups is 1. The van der Waals surface area contributed by atoms with E-state index < -0.39 is 0 Å². The predicted molar refractivity (Wildman–Crippen MR) is 75.2 cm³/mol. The number of rotatable bonds is 6. The molecule has 3 heteroatoms. The molecule has 0 aromatic heterocycles. The van der Waals surface area contributed by atoms with Crippen molar-refractivity contribution < 1.29 is 9.84 Å². The van der Waals surface area contributed by atoms with E-state index in [1.165, 1.54) is 5.56 Å². The molecule has 1 N–H and O–H groups in total. The average Bonchev–Trinajstić information content (AvgIpc) is 2.29. The molecule has 0 amide bonds. The van der Waals surface area contributed by atoms with Crippen molar-refractivity contribution in [3.05, 3.63) is 29.8 Å². The average molecular weight is 251 g/mol. The maximum absolute atomic E-state index is 8.78. The molecule has 3 nitrogen and oxygen atoms in total. The Kier molecular flexibility index (Phi) is 5.63. The van der Waals surface area contributed by atoms with Gasteiger partial charge in [0.1, 0.15) is 12.4 Å². The topological polar surface area (TPSA) is 32.7 Å². The van der Waals surface area contributed by atoms with Crippen molar-refractivity contribution >= 4 is 0 Å². The number of hydrogen-bond acceptors (Lipinski definition) is 3. The zero-order valence-electron chi connectivity index (χ0n) is 11.9. The van der Waals surface area contributed by atoms with E-state index in [4.69, 9.17) is 9.84 Å². The second-order valence-corrected chi connectivity index (χ2v) is 5.65. The van der Waals surface area contributed by atoms with Gasteiger partial charge in [-0.05, 0) is 30.2 Å². The molecule has 0 aliphatic carbocycles. The van der Waals surface area contributed by atoms with E-state index in [1.807, 2.05) is 24.1 Å². The Labute approximate surface area is 110 Å². The van der Waals surface area contributed by atoms with Gasteiger partial charge >= 0.3 is 0 Å². The number of aliphatic hydroxyl groups excluding tert-OH is 1. The van der Waals surface area contributed by atoms with Gasteiger partial charge in [-0.2, -0.15) is 0 Å². The maximum Gasteiger partial charge on any atom is 0.119 e. The molecule has 0 aliphatic rings. The molecular formula is C15H25NO2. The molecule has 102 valence electrons. The minimum absolute atomic E-state index is 0.180. The molecule has 18 heavy (non-hydrogen) atoms. The number of ether oxygens (including phenoxy) is 1. The van der Waals surface area contributed by atoms with E-state index in [1.54, 1.807) is 0 Å². The Balaban J connectivity index is 2.40. The second kappa shape index (κ2) is 6.76. The Hall–Kier alpha value is -1.06. The zero-order valence-corrected chi connectivity index (χ0v) is 11.9. The summed E-state index contributed by atoms with van der Waals surface area (Å²) in [6.45, 7) is 8.95. The van der Waals surface area contributed by atoms with Crippen molar-refractivity contribution in [1.29, 1.82) is 0 Å². The first-order valence-corrected chi connectivity index (χ1v) is 6.46. The van der Waals surface area contributed by atoms with Crippen molar-refractivity contribution in [2.45, 2.75) is 26.2 Å². The molecule has 0 heterocycles. The number of likely N-dealkylation sites (N-methyl/N-ethyl adjacent to an activating group) is 1. The molecule has 0 bridgehead atoms. The third-order valence-corrected chi connectivity index (χ3v) is 2.94. The lowest BCUT2D eigenvalue weighted by molar-refractivity contribution is 0.192. The molecule has 0 radical (unpaired) electrons. The van der Waals surface area contributed by atoms with Crippen LogP contribution in [0.1, 0.15) is 26.3 Å². The summed E-state index contributed by atoms with van der Waals surface area (Å²) in [6.07, 6.45) is 0. The molecule has 0 spiro atoms. The molecule has 1 aromatic rings. The second-order valence-electron chi connectivity index (χ2n) is 5.65. The molecule has 1 aromatic carbocycles. The Bertz CT molecular complexity index is 341. The first-order valence-electron chi connectivity index (χ1n) is 6.46. The van der Waals surface area contributed by atoms with Crippen LogP contribution in [0.25, 0.3) is 0 Å². The summed E-state index contributed by atoms with van der Waals surface area (Å²) in [7, 11) is 1.97. The van der Waals surface area contributed by atoms with E-state index in [-0.39, 0.29) is 12.0 Å². The Morgan fingerprint density at radius 1 is 1.11 bits per heavy atom. The fraction of sp³-hybridized carbons (Fsp3) is 0.600. The van der Waals surface area contributed by atoms with Crippen molar-refractivity contribution in [3.8, 4) is 5.75 Å². The van der Waals surface area contributed by atoms with Gasteiger partial charge in [-0.3, -0.25) is 0 Å². The molecule has 0 saturated carbocycles. The van der Waals surface area contributed by atoms with E-state index in [2.05, 4.69) is 32.9 Å². The lowest BCUT2D eigenvalue weighted by Gasteiger charge is -2.19. The number of nitrogens with zero attached hydrogens (tertiary/aromatic N) is 1. The van der Waals surface area contributed by atoms with Crippen molar-refractivity contribution in [2.75, 3.05) is 33.4 Å². The number of benzene rings is 1. The first-order chi connectivity index (χ1) is 8.43. The third-order valence-electron chi connectivity index (χ3n) is 2.94. The van der Waals surface area contributed by atoms with Gasteiger partial charge in [0.25, 0.3) is 0 Å². The molecule has 0 unspecified atom stereocenters. The summed E-state index contributed by atoms with van der Waals surface area (Å²) in [5.74, 6) is 0.903. The van der Waals surface area contributed by atoms with Gasteiger partial charge in [-0.25, -0.2) is 0 Å². The highest BCUT2D eigenvalue weighted by Gasteiger charge is 2.12. The summed E-state index contributed by atoms with van der Waals surface area (Å²) in [4.78, 5) is 2.05. The van der Waals surface area contributed by atoms with Crippen LogP contribution in [-0.4, -0.2) is 43.4 Å². The van der Waals surface area contributed by atoms with Crippen LogP contribution in [0.3, 0.4) is 0 Å². The molecule has 1 rings (SSSR count). The lowest BCUT2D eigenvalue weighted by atomic mass is 9.87. The first kappa shape index (κ1) is 15.0. The van der Waals surface area contributed by atoms with Crippen LogP contribution in [0.2, 0.25) is 0 Å². The monoisotopic (exact) mass is 251 g/mol. The van der Waals surface area contributed by atoms with Crippen LogP contribution in [0.15, 0.2) is 24.3 Å². The van der Waals surface area contributed by atoms with Crippen molar-refractivity contribution in [1.82, 2.24) is 4.90 Å². The van der Waals surface area contributed by atoms with Gasteiger partial charge in [0.2, 0.25) is 0 Å². The Morgan fingerprint density at radius 2 is 1.72 bits per heavy atom. The van der Waals surface area contributed by atoms with Crippen LogP contribution in [0.4, 0.5) is 0 Å². The van der Waals surface area contributed by atoms with E-state index in [9.17, 15) is 0 Å². The molecular weight excluding hydrogens is 226 g/mol. The maximum atomic E-state index is 8.78. The highest BCUT2D eigenvalue weighted by Crippen LogP contribution is 2.24. The van der Waals surface area contributed by atoms with Crippen molar-refractivity contribution in [2.24, 2.45) is 0 Å². The smallest absolute Gasteiger partial charge is 0.119 e. The quantitative estimate of drug-likeness (QED) is 0.842. The lowest BCUT2D eigenvalue weighted by Crippen LogP contribution is -2.27. The van der Waals surface area contributed by atoms with Crippen LogP contribution >= 0.6 is 0 Å². The van der Waals surface area contributed by atoms with E-state index in [0.717, 1.165) is 12.3 Å². The van der Waals surface area contributed by atoms with Crippen LogP contribution in [0.5, 0.6) is 5.75 Å². The minimum atomic E-state index is 0.180. The zero-order chi connectivity index (χ0) is 13.6. The molecule has 0 aliphatic heterocycles. The summed E-state index contributed by atoms with van der Waals surface area (Å²) in [5.41, 5.74) is 1.49. The van der Waals surface area contributed by atoms with Crippen molar-refractivity contribution in [3.63, 3.8) is 0 Å². The van der Waals surface area contributed by atoms with Gasteiger partial charge in [0.05, 0.1) is 6.61 Å². The normalized spacial score (nSPS) is 11.9. The summed E-state index contributed by atoms with van der Waals surface area (Å²) in [6, 6.07) is 8.28. The number of hydrogen-bond donors (Lipinski definition) is 1. The molecule has 0 fully saturated rings. The standard InChI is InChI=1S/C15H25NO2/c1-15(2,3)13-5-7-14(8-6-13)18-12-10-16(4)9-11-17/h5-8,17H,9-12H2,1-4H3. The summed E-state index contributed by atoms with van der Waals surface area (Å²) < 4.78 is 5.67. The van der Waals surface area contributed by atoms with Crippen LogP contribution in [0, 0.1) is 0 Å². The predicted octanol–water partition coefficient (Wildman–Crippen LogP) is 2.29. The van der Waals surface area contributed by atoms with Gasteiger partial charge in [0.15, 0.2) is 0 Å². The van der Waals surface area contributed by atoms with Crippen LogP contribution in [-0.2, 0) is 5.41 Å². The highest BCUT2D eigenvalue weighted by atomic mass is 16.5. The van der Waals surface area contributed by atoms with E-state index in [0.29, 0.717) is 13.2 Å². The third kappa shape index (κ3) is 5.07.